The number of hydrogen-bond acceptors (Lipinski definition) is 3. The Bertz CT molecular complexity index is 584. The molecule has 1 aromatic rings. The van der Waals surface area contributed by atoms with Gasteiger partial charge in [-0.05, 0) is 84.9 Å². The van der Waals surface area contributed by atoms with Crippen LogP contribution < -0.4 is 0 Å². The molecule has 152 valence electrons. The van der Waals surface area contributed by atoms with Crippen LogP contribution >= 0.6 is 0 Å². The third-order valence-corrected chi connectivity index (χ3v) is 6.36. The van der Waals surface area contributed by atoms with E-state index in [-0.39, 0.29) is 17.2 Å². The van der Waals surface area contributed by atoms with Crippen LogP contribution in [0.4, 0.5) is 4.79 Å². The van der Waals surface area contributed by atoms with Gasteiger partial charge in [-0.1, -0.05) is 30.3 Å². The average molecular weight is 375 g/mol. The maximum Gasteiger partial charge on any atom is 0.409 e. The van der Waals surface area contributed by atoms with E-state index in [1.165, 1.54) is 31.2 Å². The van der Waals surface area contributed by atoms with Crippen LogP contribution in [0.15, 0.2) is 30.3 Å². The van der Waals surface area contributed by atoms with Crippen LogP contribution in [0.1, 0.15) is 64.9 Å². The van der Waals surface area contributed by atoms with Crippen molar-refractivity contribution < 1.29 is 9.53 Å². The number of carbonyl (C=O) groups is 1. The van der Waals surface area contributed by atoms with Crippen molar-refractivity contribution in [2.45, 2.75) is 70.4 Å². The highest BCUT2D eigenvalue weighted by Gasteiger charge is 2.38. The van der Waals surface area contributed by atoms with Gasteiger partial charge in [0.15, 0.2) is 0 Å². The summed E-state index contributed by atoms with van der Waals surface area (Å²) >= 11 is 0. The molecule has 1 aromatic carbocycles. The molecule has 0 aromatic heterocycles. The maximum atomic E-state index is 12.1. The van der Waals surface area contributed by atoms with Crippen molar-refractivity contribution in [1.82, 2.24) is 9.80 Å². The van der Waals surface area contributed by atoms with Crippen molar-refractivity contribution in [2.24, 2.45) is 5.92 Å². The Hall–Kier alpha value is -1.55. The van der Waals surface area contributed by atoms with Gasteiger partial charge in [-0.2, -0.15) is 0 Å². The molecule has 4 nitrogen and oxygen atoms in total. The molecule has 1 saturated carbocycles. The number of hydrogen-bond donors (Lipinski definition) is 0. The second-order valence-electron chi connectivity index (χ2n) is 9.22. The maximum absolute atomic E-state index is 12.1. The molecular formula is C23H38N2O2. The van der Waals surface area contributed by atoms with Crippen LogP contribution in [0, 0.1) is 5.92 Å². The summed E-state index contributed by atoms with van der Waals surface area (Å²) in [5, 5.41) is 0. The lowest BCUT2D eigenvalue weighted by atomic mass is 9.71. The SMILES string of the molecule is CN(C(=O)OCCCC1CCC(c2ccccc2)(N(C)C)CC1)C(C)(C)C. The second-order valence-corrected chi connectivity index (χ2v) is 9.22. The molecule has 0 heterocycles. The molecule has 27 heavy (non-hydrogen) atoms. The third kappa shape index (κ3) is 5.47. The van der Waals surface area contributed by atoms with E-state index >= 15 is 0 Å². The van der Waals surface area contributed by atoms with Gasteiger partial charge in [-0.3, -0.25) is 4.90 Å². The number of ether oxygens (including phenoxy) is 1. The lowest BCUT2D eigenvalue weighted by Crippen LogP contribution is -2.44. The highest BCUT2D eigenvalue weighted by molar-refractivity contribution is 5.68. The molecule has 1 fully saturated rings. The van der Waals surface area contributed by atoms with Gasteiger partial charge in [0.25, 0.3) is 0 Å². The van der Waals surface area contributed by atoms with Gasteiger partial charge < -0.3 is 9.64 Å². The first-order chi connectivity index (χ1) is 12.7. The molecule has 1 aliphatic rings. The van der Waals surface area contributed by atoms with Crippen LogP contribution in [0.5, 0.6) is 0 Å². The third-order valence-electron chi connectivity index (χ3n) is 6.36. The first-order valence-electron chi connectivity index (χ1n) is 10.3. The summed E-state index contributed by atoms with van der Waals surface area (Å²) in [6.07, 6.45) is 6.75. The van der Waals surface area contributed by atoms with Crippen molar-refractivity contribution >= 4 is 6.09 Å². The van der Waals surface area contributed by atoms with E-state index in [0.717, 1.165) is 18.8 Å². The predicted molar refractivity (Wildman–Crippen MR) is 112 cm³/mol. The van der Waals surface area contributed by atoms with Crippen LogP contribution in [0.3, 0.4) is 0 Å². The van der Waals surface area contributed by atoms with Crippen LogP contribution in [-0.4, -0.2) is 49.2 Å². The topological polar surface area (TPSA) is 32.8 Å². The predicted octanol–water partition coefficient (Wildman–Crippen LogP) is 5.28. The van der Waals surface area contributed by atoms with Gasteiger partial charge in [0, 0.05) is 18.1 Å². The van der Waals surface area contributed by atoms with Crippen molar-refractivity contribution in [3.05, 3.63) is 35.9 Å². The summed E-state index contributed by atoms with van der Waals surface area (Å²) < 4.78 is 5.45. The quantitative estimate of drug-likeness (QED) is 0.635. The van der Waals surface area contributed by atoms with E-state index in [0.29, 0.717) is 6.61 Å². The molecular weight excluding hydrogens is 336 g/mol. The summed E-state index contributed by atoms with van der Waals surface area (Å²) in [4.78, 5) is 16.1. The molecule has 2 rings (SSSR count). The first-order valence-corrected chi connectivity index (χ1v) is 10.3. The molecule has 0 spiro atoms. The fourth-order valence-corrected chi connectivity index (χ4v) is 4.09. The molecule has 0 N–H and O–H groups in total. The Balaban J connectivity index is 1.78. The monoisotopic (exact) mass is 374 g/mol. The van der Waals surface area contributed by atoms with E-state index < -0.39 is 0 Å². The molecule has 0 saturated heterocycles. The smallest absolute Gasteiger partial charge is 0.409 e. The zero-order chi connectivity index (χ0) is 20.1. The van der Waals surface area contributed by atoms with Crippen molar-refractivity contribution in [1.29, 1.82) is 0 Å². The minimum atomic E-state index is -0.221. The number of rotatable bonds is 6. The molecule has 1 aliphatic carbocycles. The average Bonchev–Trinajstić information content (AvgIpc) is 2.64. The molecule has 4 heteroatoms. The van der Waals surface area contributed by atoms with Crippen LogP contribution in [-0.2, 0) is 10.3 Å². The van der Waals surface area contributed by atoms with Gasteiger partial charge >= 0.3 is 6.09 Å². The highest BCUT2D eigenvalue weighted by atomic mass is 16.6. The van der Waals surface area contributed by atoms with E-state index in [4.69, 9.17) is 4.74 Å². The summed E-state index contributed by atoms with van der Waals surface area (Å²) in [7, 11) is 6.21. The Labute approximate surface area is 165 Å². The molecule has 0 aliphatic heterocycles. The highest BCUT2D eigenvalue weighted by Crippen LogP contribution is 2.44. The van der Waals surface area contributed by atoms with Gasteiger partial charge in [-0.25, -0.2) is 4.79 Å². The Kier molecular flexibility index (Phi) is 7.32. The largest absolute Gasteiger partial charge is 0.449 e. The molecule has 1 amide bonds. The van der Waals surface area contributed by atoms with Crippen molar-refractivity contribution in [2.75, 3.05) is 27.7 Å². The van der Waals surface area contributed by atoms with Crippen molar-refractivity contribution in [3.63, 3.8) is 0 Å². The second kappa shape index (κ2) is 9.09. The fraction of sp³-hybridized carbons (Fsp3) is 0.696. The standard InChI is InChI=1S/C23H38N2O2/c1-22(2,3)25(6)21(26)27-18-10-11-19-14-16-23(17-15-19,24(4)5)20-12-8-7-9-13-20/h7-9,12-13,19H,10-11,14-18H2,1-6H3. The zero-order valence-corrected chi connectivity index (χ0v) is 18.1. The summed E-state index contributed by atoms with van der Waals surface area (Å²) in [6.45, 7) is 6.56. The van der Waals surface area contributed by atoms with Gasteiger partial charge in [0.2, 0.25) is 0 Å². The Morgan fingerprint density at radius 3 is 2.22 bits per heavy atom. The van der Waals surface area contributed by atoms with Crippen molar-refractivity contribution in [3.8, 4) is 0 Å². The van der Waals surface area contributed by atoms with Crippen LogP contribution in [0.2, 0.25) is 0 Å². The fourth-order valence-electron chi connectivity index (χ4n) is 4.09. The molecule has 0 radical (unpaired) electrons. The normalized spacial score (nSPS) is 23.3. The number of carbonyl (C=O) groups excluding carboxylic acids is 1. The molecule has 0 unspecified atom stereocenters. The number of benzene rings is 1. The molecule has 0 bridgehead atoms. The first kappa shape index (κ1) is 21.7. The van der Waals surface area contributed by atoms with Gasteiger partial charge in [0.1, 0.15) is 0 Å². The van der Waals surface area contributed by atoms with Gasteiger partial charge in [-0.15, -0.1) is 0 Å². The van der Waals surface area contributed by atoms with E-state index in [2.05, 4.69) is 49.3 Å². The summed E-state index contributed by atoms with van der Waals surface area (Å²) in [5.41, 5.74) is 1.40. The summed E-state index contributed by atoms with van der Waals surface area (Å²) in [5.74, 6) is 0.737. The lowest BCUT2D eigenvalue weighted by Gasteiger charge is -2.45. The number of nitrogens with zero attached hydrogens (tertiary/aromatic N) is 2. The minimum Gasteiger partial charge on any atom is -0.449 e. The van der Waals surface area contributed by atoms with Gasteiger partial charge in [0.05, 0.1) is 6.61 Å². The lowest BCUT2D eigenvalue weighted by molar-refractivity contribution is 0.0659. The Morgan fingerprint density at radius 1 is 1.11 bits per heavy atom. The Morgan fingerprint density at radius 2 is 1.70 bits per heavy atom. The minimum absolute atomic E-state index is 0.166. The molecule has 0 atom stereocenters. The number of amides is 1. The van der Waals surface area contributed by atoms with E-state index in [9.17, 15) is 4.79 Å². The van der Waals surface area contributed by atoms with E-state index in [1.807, 2.05) is 20.8 Å². The zero-order valence-electron chi connectivity index (χ0n) is 18.1. The van der Waals surface area contributed by atoms with E-state index in [1.54, 1.807) is 11.9 Å². The van der Waals surface area contributed by atoms with Crippen LogP contribution in [0.25, 0.3) is 0 Å². The summed E-state index contributed by atoms with van der Waals surface area (Å²) in [6, 6.07) is 10.9.